The molecule has 2 aliphatic rings. The second-order valence-electron chi connectivity index (χ2n) is 37.2. The van der Waals surface area contributed by atoms with E-state index in [1.54, 1.807) is 157 Å². The zero-order chi connectivity index (χ0) is 105. The molecule has 2 aliphatic heterocycles. The quantitative estimate of drug-likeness (QED) is 0.0142. The lowest BCUT2D eigenvalue weighted by molar-refractivity contribution is -0.118. The van der Waals surface area contributed by atoms with E-state index in [1.165, 1.54) is 49.6 Å². The number of hydrogen-bond donors (Lipinski definition) is 7. The predicted octanol–water partition coefficient (Wildman–Crippen LogP) is 22.6. The highest BCUT2D eigenvalue weighted by Gasteiger charge is 2.29. The largest absolute Gasteiger partial charge is 0.478 e. The minimum atomic E-state index is -1.04. The summed E-state index contributed by atoms with van der Waals surface area (Å²) in [7, 11) is 0. The topological polar surface area (TPSA) is 364 Å². The van der Waals surface area contributed by atoms with Crippen molar-refractivity contribution < 1.29 is 89.9 Å². The Hall–Kier alpha value is -17.4. The Kier molecular flexibility index (Phi) is 35.8. The number of aromatic amines is 4. The van der Waals surface area contributed by atoms with Crippen LogP contribution in [0.2, 0.25) is 0 Å². The first-order valence-electron chi connectivity index (χ1n) is 48.8. The van der Waals surface area contributed by atoms with Crippen LogP contribution in [0.3, 0.4) is 0 Å². The molecule has 760 valence electrons. The Labute approximate surface area is 858 Å². The lowest BCUT2D eigenvalue weighted by Gasteiger charge is -2.30. The molecule has 149 heavy (non-hydrogen) atoms. The minimum Gasteiger partial charge on any atom is -0.478 e. The van der Waals surface area contributed by atoms with E-state index in [2.05, 4.69) is 52.1 Å². The van der Waals surface area contributed by atoms with Gasteiger partial charge in [0.1, 0.15) is 98.2 Å². The molecule has 8 aromatic heterocycles. The predicted molar refractivity (Wildman–Crippen MR) is 556 cm³/mol. The third-order valence-corrected chi connectivity index (χ3v) is 24.7. The number of carboxylic acids is 1. The molecule has 0 spiro atoms. The van der Waals surface area contributed by atoms with Crippen molar-refractivity contribution in [1.82, 2.24) is 55.0 Å². The van der Waals surface area contributed by atoms with Crippen LogP contribution in [0.5, 0.6) is 46.0 Å². The van der Waals surface area contributed by atoms with Gasteiger partial charge in [-0.05, 0) is 184 Å². The molecule has 10 heterocycles. The second-order valence-corrected chi connectivity index (χ2v) is 37.2. The number of β-amino-alcohol motifs (C(OH)–C–C–N with tert-alkyl or cyclic N) is 1. The van der Waals surface area contributed by atoms with Crippen LogP contribution in [0.15, 0.2) is 292 Å². The molecule has 0 radical (unpaired) electrons. The Morgan fingerprint density at radius 2 is 0.678 bits per heavy atom. The summed E-state index contributed by atoms with van der Waals surface area (Å²) >= 11 is 0. The summed E-state index contributed by atoms with van der Waals surface area (Å²) in [6, 6.07) is 68.7. The maximum Gasteiger partial charge on any atom is 0.337 e. The number of pyridine rings is 4. The highest BCUT2D eigenvalue weighted by molar-refractivity contribution is 5.97. The van der Waals surface area contributed by atoms with Gasteiger partial charge in [0.05, 0.1) is 73.9 Å². The van der Waals surface area contributed by atoms with Crippen molar-refractivity contribution >= 4 is 52.6 Å². The minimum absolute atomic E-state index is 0.00107. The lowest BCUT2D eigenvalue weighted by atomic mass is 10.00. The summed E-state index contributed by atoms with van der Waals surface area (Å²) in [5.74, 6) is -0.145. The number of halogens is 4. The van der Waals surface area contributed by atoms with Gasteiger partial charge >= 0.3 is 5.97 Å². The molecular formula is C119H111F4N11O15. The van der Waals surface area contributed by atoms with Gasteiger partial charge in [-0.25, -0.2) is 22.4 Å². The van der Waals surface area contributed by atoms with Crippen molar-refractivity contribution in [2.75, 3.05) is 32.7 Å². The standard InChI is InChI=1S/C32H32FN3O3.C31H30FN3O4.C30H28FN3O4.C26H21FN2O4/c1-21-5-3-7-23(13-21)14-26(37)15-24-8-9-27(17-29(24)33)39-28-10-11-34-31(18-28)30-16-25(19-35-30)32(38)36-12-4-6-22(2)20-36;1-20-5-3-7-22(13-20)14-25(37)15-23-8-9-26(17-28(23)32)39-27-10-12-33-30(18-27)29-16-24(19-35-29)31(38)34-11-4-6-21(2)36;1-19-3-2-4-20(11-19)12-24(36)13-21-5-6-25(15-27(21)31)38-26-7-9-32-29(16-26)28-14-22(17-33-28)30(37)34-10-8-23(35)18-34;1-16-3-2-4-17(9-16)10-20(30)11-18-5-6-21(13-23(18)27)33-22-7-8-28-25(14-22)24-12-19(15-29-24)26(31)32/h3,5,7-11,13,16-19,22,35H,4,6,12,14-15,20H2,1-2H3;3,5,7-10,12-13,16-19,35H,4,6,11,14-15H2,1-2H3,(H,34,38);2-7,9,11,14-17,23,33,35H,8,10,12-13,18H2,1H3;2-9,12-15,29H,10-11H2,1H3,(H,31,32)/t;;23-;/m..1./s1. The number of ketones is 5. The van der Waals surface area contributed by atoms with Crippen LogP contribution < -0.4 is 24.3 Å². The molecule has 2 saturated heterocycles. The summed E-state index contributed by atoms with van der Waals surface area (Å²) < 4.78 is 82.4. The first kappa shape index (κ1) is 106. The number of likely N-dealkylation sites (tertiary alicyclic amines) is 2. The molecule has 2 fully saturated rings. The zero-order valence-corrected chi connectivity index (χ0v) is 83.0. The van der Waals surface area contributed by atoms with Crippen molar-refractivity contribution in [2.24, 2.45) is 5.92 Å². The Bertz CT molecular complexity index is 7550. The molecule has 26 nitrogen and oxygen atoms in total. The van der Waals surface area contributed by atoms with Crippen LogP contribution in [0.4, 0.5) is 17.6 Å². The SMILES string of the molecule is CC(=O)CCCNC(=O)c1c[nH]c(-c2cc(Oc3ccc(CC(=O)Cc4cccc(C)c4)c(F)c3)ccn2)c1.Cc1cccc(CC(=O)Cc2ccc(Oc3ccnc(-c4cc(C(=O)N5CCCC(C)C5)c[nH]4)c3)cc2F)c1.Cc1cccc(CC(=O)Cc2ccc(Oc3ccnc(-c4cc(C(=O)N5CC[C@@H](O)C5)c[nH]4)c3)cc2F)c1.Cc1cccc(CC(=O)Cc2ccc(Oc3ccnc(-c4cc(C(=O)O)c[nH]4)c3)cc2F)c1. The number of benzene rings is 8. The number of nitrogens with one attached hydrogen (secondary N) is 5. The lowest BCUT2D eigenvalue weighted by Crippen LogP contribution is -2.38. The van der Waals surface area contributed by atoms with Gasteiger partial charge in [-0.15, -0.1) is 0 Å². The van der Waals surface area contributed by atoms with E-state index in [4.69, 9.17) is 24.1 Å². The number of ether oxygens (including phenoxy) is 4. The third-order valence-electron chi connectivity index (χ3n) is 24.7. The van der Waals surface area contributed by atoms with Crippen molar-refractivity contribution in [3.05, 3.63) is 405 Å². The number of carbonyl (C=O) groups excluding carboxylic acids is 8. The number of hydrogen-bond acceptors (Lipinski definition) is 18. The highest BCUT2D eigenvalue weighted by atomic mass is 19.1. The fourth-order valence-corrected chi connectivity index (χ4v) is 17.2. The van der Waals surface area contributed by atoms with Crippen molar-refractivity contribution in [3.63, 3.8) is 0 Å². The molecule has 7 N–H and O–H groups in total. The van der Waals surface area contributed by atoms with E-state index in [9.17, 15) is 65.8 Å². The smallest absolute Gasteiger partial charge is 0.337 e. The number of amides is 3. The molecule has 0 aliphatic carbocycles. The van der Waals surface area contributed by atoms with E-state index in [1.807, 2.05) is 130 Å². The van der Waals surface area contributed by atoms with E-state index >= 15 is 0 Å². The Balaban J connectivity index is 0.000000149. The third kappa shape index (κ3) is 30.8. The van der Waals surface area contributed by atoms with Gasteiger partial charge < -0.3 is 69.0 Å². The van der Waals surface area contributed by atoms with Gasteiger partial charge in [0.25, 0.3) is 17.7 Å². The molecule has 18 rings (SSSR count). The average molecular weight is 2010 g/mol. The molecule has 8 aromatic carbocycles. The van der Waals surface area contributed by atoms with Crippen LogP contribution in [0, 0.1) is 56.9 Å². The summed E-state index contributed by atoms with van der Waals surface area (Å²) in [6.07, 6.45) is 16.9. The van der Waals surface area contributed by atoms with E-state index in [-0.39, 0.29) is 115 Å². The maximum atomic E-state index is 14.8. The molecule has 2 atom stereocenters. The van der Waals surface area contributed by atoms with Gasteiger partial charge in [0.2, 0.25) is 0 Å². The number of nitrogens with zero attached hydrogens (tertiary/aromatic N) is 6. The maximum absolute atomic E-state index is 14.8. The first-order chi connectivity index (χ1) is 71.8. The summed E-state index contributed by atoms with van der Waals surface area (Å²) in [6.45, 7) is 14.4. The highest BCUT2D eigenvalue weighted by Crippen LogP contribution is 2.35. The molecule has 30 heteroatoms. The zero-order valence-electron chi connectivity index (χ0n) is 83.0. The number of aromatic nitrogens is 8. The summed E-state index contributed by atoms with van der Waals surface area (Å²) in [5, 5.41) is 21.5. The molecule has 3 amide bonds. The summed E-state index contributed by atoms with van der Waals surface area (Å²) in [4.78, 5) is 143. The van der Waals surface area contributed by atoms with Crippen LogP contribution in [-0.4, -0.2) is 151 Å². The summed E-state index contributed by atoms with van der Waals surface area (Å²) in [5.41, 5.74) is 15.5. The van der Waals surface area contributed by atoms with Crippen LogP contribution >= 0.6 is 0 Å². The van der Waals surface area contributed by atoms with Gasteiger partial charge in [-0.2, -0.15) is 0 Å². The number of aryl methyl sites for hydroxylation is 4. The van der Waals surface area contributed by atoms with Gasteiger partial charge in [0.15, 0.2) is 0 Å². The van der Waals surface area contributed by atoms with E-state index < -0.39 is 35.3 Å². The number of carboxylic acid groups (broad SMARTS) is 1. The molecular weight excluding hydrogens is 1900 g/mol. The van der Waals surface area contributed by atoms with Gasteiger partial charge in [-0.3, -0.25) is 53.5 Å². The number of aliphatic hydroxyl groups is 1. The van der Waals surface area contributed by atoms with Crippen molar-refractivity contribution in [2.45, 2.75) is 131 Å². The first-order valence-corrected chi connectivity index (χ1v) is 48.8. The number of H-pyrrole nitrogens is 4. The van der Waals surface area contributed by atoms with Crippen LogP contribution in [0.1, 0.15) is 154 Å². The fraction of sp³-hybridized carbons (Fsp3) is 0.218. The molecule has 16 aromatic rings. The van der Waals surface area contributed by atoms with Crippen LogP contribution in [0.25, 0.3) is 45.6 Å². The normalized spacial score (nSPS) is 13.0. The molecule has 1 unspecified atom stereocenters. The monoisotopic (exact) mass is 2010 g/mol. The van der Waals surface area contributed by atoms with Gasteiger partial charge in [0, 0.05) is 189 Å². The van der Waals surface area contributed by atoms with Crippen LogP contribution in [-0.2, 0) is 75.3 Å². The van der Waals surface area contributed by atoms with Crippen molar-refractivity contribution in [1.29, 1.82) is 0 Å². The number of carbonyl (C=O) groups is 9. The Morgan fingerprint density at radius 1 is 0.369 bits per heavy atom. The van der Waals surface area contributed by atoms with Gasteiger partial charge in [-0.1, -0.05) is 151 Å². The number of aliphatic hydroxyl groups excluding tert-OH is 1. The van der Waals surface area contributed by atoms with Crippen molar-refractivity contribution in [3.8, 4) is 91.5 Å². The molecule has 0 saturated carbocycles. The van der Waals surface area contributed by atoms with E-state index in [0.29, 0.717) is 164 Å². The number of rotatable bonds is 36. The average Bonchev–Trinajstić information content (AvgIpc) is 1.76. The molecule has 0 bridgehead atoms. The number of Topliss-reactive ketones (excluding diaryl/α,β-unsaturated/α-hetero) is 5. The Morgan fingerprint density at radius 3 is 0.973 bits per heavy atom. The number of piperidine rings is 1. The second kappa shape index (κ2) is 50.4. The van der Waals surface area contributed by atoms with E-state index in [0.717, 1.165) is 70.4 Å². The fourth-order valence-electron chi connectivity index (χ4n) is 17.2. The number of aromatic carboxylic acids is 1.